The lowest BCUT2D eigenvalue weighted by Gasteiger charge is -2.33. The van der Waals surface area contributed by atoms with E-state index in [4.69, 9.17) is 10.5 Å². The highest BCUT2D eigenvalue weighted by atomic mass is 16.5. The van der Waals surface area contributed by atoms with Crippen LogP contribution in [0.3, 0.4) is 0 Å². The maximum atomic E-state index is 5.68. The second-order valence-electron chi connectivity index (χ2n) is 4.40. The van der Waals surface area contributed by atoms with E-state index in [2.05, 4.69) is 5.32 Å². The van der Waals surface area contributed by atoms with Crippen LogP contribution in [0.1, 0.15) is 25.7 Å². The number of nitrogens with two attached hydrogens (primary N) is 1. The molecule has 2 aliphatic carbocycles. The van der Waals surface area contributed by atoms with Crippen molar-refractivity contribution in [3.8, 4) is 0 Å². The topological polar surface area (TPSA) is 47.3 Å². The molecule has 2 fully saturated rings. The maximum Gasteiger partial charge on any atom is 0.0591 e. The van der Waals surface area contributed by atoms with Gasteiger partial charge >= 0.3 is 0 Å². The Bertz CT molecular complexity index is 153. The molecule has 2 saturated carbocycles. The normalized spacial score (nSPS) is 33.0. The van der Waals surface area contributed by atoms with E-state index < -0.39 is 0 Å². The number of hydrogen-bond donors (Lipinski definition) is 2. The highest BCUT2D eigenvalue weighted by Crippen LogP contribution is 2.28. The van der Waals surface area contributed by atoms with Crippen molar-refractivity contribution in [1.82, 2.24) is 5.32 Å². The van der Waals surface area contributed by atoms with Gasteiger partial charge in [-0.2, -0.15) is 0 Å². The van der Waals surface area contributed by atoms with Crippen molar-refractivity contribution in [3.05, 3.63) is 0 Å². The lowest BCUT2D eigenvalue weighted by Crippen LogP contribution is -2.49. The van der Waals surface area contributed by atoms with Crippen LogP contribution in [0.2, 0.25) is 0 Å². The summed E-state index contributed by atoms with van der Waals surface area (Å²) in [6.07, 6.45) is 5.04. The summed E-state index contributed by atoms with van der Waals surface area (Å²) in [5.41, 5.74) is 5.68. The van der Waals surface area contributed by atoms with Crippen molar-refractivity contribution in [3.63, 3.8) is 0 Å². The smallest absolute Gasteiger partial charge is 0.0591 e. The molecular weight excluding hydrogens is 164 g/mol. The first-order chi connectivity index (χ1) is 6.34. The molecule has 0 aromatic carbocycles. The molecule has 76 valence electrons. The molecule has 0 spiro atoms. The third-order valence-electron chi connectivity index (χ3n) is 2.90. The van der Waals surface area contributed by atoms with E-state index in [1.54, 1.807) is 0 Å². The van der Waals surface area contributed by atoms with E-state index in [1.165, 1.54) is 12.8 Å². The third kappa shape index (κ3) is 3.25. The van der Waals surface area contributed by atoms with Crippen molar-refractivity contribution in [2.24, 2.45) is 11.7 Å². The van der Waals surface area contributed by atoms with Crippen LogP contribution in [0.4, 0.5) is 0 Å². The van der Waals surface area contributed by atoms with Crippen LogP contribution < -0.4 is 11.1 Å². The number of hydrogen-bond acceptors (Lipinski definition) is 3. The van der Waals surface area contributed by atoms with E-state index in [0.717, 1.165) is 38.5 Å². The minimum absolute atomic E-state index is 0.449. The standard InChI is InChI=1S/C10H20N2O/c11-9-5-10(6-9)12-3-4-13-7-8-1-2-8/h8-10,12H,1-7,11H2. The van der Waals surface area contributed by atoms with E-state index in [0.29, 0.717) is 12.1 Å². The van der Waals surface area contributed by atoms with Crippen molar-refractivity contribution < 1.29 is 4.74 Å². The molecular formula is C10H20N2O. The molecule has 3 heteroatoms. The summed E-state index contributed by atoms with van der Waals surface area (Å²) in [7, 11) is 0. The van der Waals surface area contributed by atoms with E-state index >= 15 is 0 Å². The van der Waals surface area contributed by atoms with Gasteiger partial charge in [0.15, 0.2) is 0 Å². The van der Waals surface area contributed by atoms with E-state index in [1.807, 2.05) is 0 Å². The number of nitrogens with one attached hydrogen (secondary N) is 1. The maximum absolute atomic E-state index is 5.68. The van der Waals surface area contributed by atoms with Crippen LogP contribution in [0.15, 0.2) is 0 Å². The minimum Gasteiger partial charge on any atom is -0.380 e. The highest BCUT2D eigenvalue weighted by Gasteiger charge is 2.25. The molecule has 0 unspecified atom stereocenters. The number of rotatable bonds is 6. The quantitative estimate of drug-likeness (QED) is 0.591. The van der Waals surface area contributed by atoms with Crippen molar-refractivity contribution in [1.29, 1.82) is 0 Å². The summed E-state index contributed by atoms with van der Waals surface area (Å²) >= 11 is 0. The molecule has 0 aliphatic heterocycles. The zero-order valence-electron chi connectivity index (χ0n) is 8.17. The van der Waals surface area contributed by atoms with Crippen LogP contribution in [0.5, 0.6) is 0 Å². The Morgan fingerprint density at radius 2 is 2.08 bits per heavy atom. The molecule has 3 N–H and O–H groups in total. The van der Waals surface area contributed by atoms with Gasteiger partial charge in [-0.15, -0.1) is 0 Å². The second-order valence-corrected chi connectivity index (χ2v) is 4.40. The summed E-state index contributed by atoms with van der Waals surface area (Å²) in [5.74, 6) is 0.886. The fourth-order valence-electron chi connectivity index (χ4n) is 1.70. The monoisotopic (exact) mass is 184 g/mol. The molecule has 0 saturated heterocycles. The average Bonchev–Trinajstić information content (AvgIpc) is 2.84. The molecule has 0 heterocycles. The predicted octanol–water partition coefficient (Wildman–Crippen LogP) is 0.492. The average molecular weight is 184 g/mol. The Hall–Kier alpha value is -0.120. The molecule has 0 atom stereocenters. The molecule has 0 radical (unpaired) electrons. The first kappa shape index (κ1) is 9.44. The lowest BCUT2D eigenvalue weighted by atomic mass is 9.88. The van der Waals surface area contributed by atoms with Crippen molar-refractivity contribution in [2.75, 3.05) is 19.8 Å². The van der Waals surface area contributed by atoms with Gasteiger partial charge in [0.05, 0.1) is 6.61 Å². The van der Waals surface area contributed by atoms with Crippen LogP contribution in [-0.2, 0) is 4.74 Å². The fourth-order valence-corrected chi connectivity index (χ4v) is 1.70. The van der Waals surface area contributed by atoms with Gasteiger partial charge in [-0.3, -0.25) is 0 Å². The summed E-state index contributed by atoms with van der Waals surface area (Å²) in [6, 6.07) is 1.12. The molecule has 13 heavy (non-hydrogen) atoms. The van der Waals surface area contributed by atoms with Gasteiger partial charge in [-0.25, -0.2) is 0 Å². The molecule has 0 aromatic heterocycles. The first-order valence-corrected chi connectivity index (χ1v) is 5.41. The van der Waals surface area contributed by atoms with Gasteiger partial charge in [0.1, 0.15) is 0 Å². The SMILES string of the molecule is NC1CC(NCCOCC2CC2)C1. The third-order valence-corrected chi connectivity index (χ3v) is 2.90. The van der Waals surface area contributed by atoms with Gasteiger partial charge in [-0.1, -0.05) is 0 Å². The molecule has 3 nitrogen and oxygen atoms in total. The van der Waals surface area contributed by atoms with Gasteiger partial charge in [0, 0.05) is 25.2 Å². The van der Waals surface area contributed by atoms with Crippen molar-refractivity contribution >= 4 is 0 Å². The Balaban J connectivity index is 1.36. The summed E-state index contributed by atoms with van der Waals surface area (Å²) in [6.45, 7) is 2.83. The van der Waals surface area contributed by atoms with E-state index in [-0.39, 0.29) is 0 Å². The molecule has 0 bridgehead atoms. The van der Waals surface area contributed by atoms with Gasteiger partial charge in [-0.05, 0) is 31.6 Å². The van der Waals surface area contributed by atoms with E-state index in [9.17, 15) is 0 Å². The molecule has 2 aliphatic rings. The second kappa shape index (κ2) is 4.40. The Labute approximate surface area is 80.0 Å². The molecule has 0 aromatic rings. The summed E-state index contributed by atoms with van der Waals surface area (Å²) < 4.78 is 5.51. The summed E-state index contributed by atoms with van der Waals surface area (Å²) in [4.78, 5) is 0. The van der Waals surface area contributed by atoms with Crippen LogP contribution in [-0.4, -0.2) is 31.8 Å². The Morgan fingerprint density at radius 1 is 1.31 bits per heavy atom. The van der Waals surface area contributed by atoms with Gasteiger partial charge in [0.2, 0.25) is 0 Å². The zero-order chi connectivity index (χ0) is 9.10. The molecule has 0 amide bonds. The van der Waals surface area contributed by atoms with Crippen LogP contribution >= 0.6 is 0 Å². The largest absolute Gasteiger partial charge is 0.380 e. The van der Waals surface area contributed by atoms with Gasteiger partial charge < -0.3 is 15.8 Å². The highest BCUT2D eigenvalue weighted by molar-refractivity contribution is 4.87. The first-order valence-electron chi connectivity index (χ1n) is 5.41. The lowest BCUT2D eigenvalue weighted by molar-refractivity contribution is 0.120. The predicted molar refractivity (Wildman–Crippen MR) is 52.5 cm³/mol. The van der Waals surface area contributed by atoms with Gasteiger partial charge in [0.25, 0.3) is 0 Å². The zero-order valence-corrected chi connectivity index (χ0v) is 8.17. The minimum atomic E-state index is 0.449. The summed E-state index contributed by atoms with van der Waals surface area (Å²) in [5, 5.41) is 3.44. The van der Waals surface area contributed by atoms with Crippen molar-refractivity contribution in [2.45, 2.75) is 37.8 Å². The van der Waals surface area contributed by atoms with Crippen LogP contribution in [0.25, 0.3) is 0 Å². The molecule has 2 rings (SSSR count). The van der Waals surface area contributed by atoms with Crippen LogP contribution in [0, 0.1) is 5.92 Å². The fraction of sp³-hybridized carbons (Fsp3) is 1.00. The number of ether oxygens (including phenoxy) is 1. The Morgan fingerprint density at radius 3 is 2.69 bits per heavy atom. The Kier molecular flexibility index (Phi) is 3.19.